The van der Waals surface area contributed by atoms with Gasteiger partial charge in [0.05, 0.1) is 24.4 Å². The standard InChI is InChI=1S/C21H26ClN3O2/c1-23(15-17-7-9-18(27-2)10-8-17)16-21(26)25-13-11-24(12-14-25)20-6-4-3-5-19(20)22/h3-10H,11-16H2,1-2H3. The molecule has 0 atom stereocenters. The molecule has 1 saturated heterocycles. The monoisotopic (exact) mass is 387 g/mol. The molecule has 0 bridgehead atoms. The average Bonchev–Trinajstić information content (AvgIpc) is 2.69. The Balaban J connectivity index is 1.48. The number of ether oxygens (including phenoxy) is 1. The van der Waals surface area contributed by atoms with Gasteiger partial charge in [-0.1, -0.05) is 35.9 Å². The van der Waals surface area contributed by atoms with Crippen molar-refractivity contribution in [3.05, 3.63) is 59.1 Å². The number of nitrogens with zero attached hydrogens (tertiary/aromatic N) is 3. The second-order valence-corrected chi connectivity index (χ2v) is 7.25. The van der Waals surface area contributed by atoms with Crippen molar-refractivity contribution in [1.82, 2.24) is 9.80 Å². The second kappa shape index (κ2) is 9.11. The van der Waals surface area contributed by atoms with E-state index in [2.05, 4.69) is 4.90 Å². The smallest absolute Gasteiger partial charge is 0.236 e. The minimum absolute atomic E-state index is 0.171. The first-order valence-electron chi connectivity index (χ1n) is 9.15. The van der Waals surface area contributed by atoms with Crippen LogP contribution >= 0.6 is 11.6 Å². The van der Waals surface area contributed by atoms with E-state index < -0.39 is 0 Å². The lowest BCUT2D eigenvalue weighted by atomic mass is 10.2. The van der Waals surface area contributed by atoms with E-state index in [1.54, 1.807) is 7.11 Å². The van der Waals surface area contributed by atoms with Gasteiger partial charge in [0.2, 0.25) is 5.91 Å². The summed E-state index contributed by atoms with van der Waals surface area (Å²) in [6.07, 6.45) is 0. The molecule has 3 rings (SSSR count). The molecule has 0 unspecified atom stereocenters. The summed E-state index contributed by atoms with van der Waals surface area (Å²) in [5.41, 5.74) is 2.21. The van der Waals surface area contributed by atoms with Crippen molar-refractivity contribution in [3.8, 4) is 5.75 Å². The van der Waals surface area contributed by atoms with Crippen LogP contribution in [0.4, 0.5) is 5.69 Å². The quantitative estimate of drug-likeness (QED) is 0.763. The summed E-state index contributed by atoms with van der Waals surface area (Å²) >= 11 is 6.28. The first kappa shape index (κ1) is 19.5. The van der Waals surface area contributed by atoms with E-state index in [0.29, 0.717) is 6.54 Å². The molecule has 2 aromatic carbocycles. The fraction of sp³-hybridized carbons (Fsp3) is 0.381. The van der Waals surface area contributed by atoms with Gasteiger partial charge in [0.15, 0.2) is 0 Å². The molecule has 0 radical (unpaired) electrons. The van der Waals surface area contributed by atoms with Crippen LogP contribution in [0.25, 0.3) is 0 Å². The van der Waals surface area contributed by atoms with E-state index in [0.717, 1.165) is 54.7 Å². The van der Waals surface area contributed by atoms with Crippen LogP contribution in [-0.2, 0) is 11.3 Å². The highest BCUT2D eigenvalue weighted by molar-refractivity contribution is 6.33. The zero-order chi connectivity index (χ0) is 19.2. The number of anilines is 1. The van der Waals surface area contributed by atoms with Gasteiger partial charge in [0.25, 0.3) is 0 Å². The number of rotatable bonds is 6. The molecule has 1 aliphatic heterocycles. The Morgan fingerprint density at radius 3 is 2.37 bits per heavy atom. The van der Waals surface area contributed by atoms with Gasteiger partial charge in [0.1, 0.15) is 5.75 Å². The van der Waals surface area contributed by atoms with Crippen LogP contribution in [0.15, 0.2) is 48.5 Å². The van der Waals surface area contributed by atoms with Crippen LogP contribution < -0.4 is 9.64 Å². The topological polar surface area (TPSA) is 36.0 Å². The van der Waals surface area contributed by atoms with Crippen LogP contribution in [0.3, 0.4) is 0 Å². The van der Waals surface area contributed by atoms with Gasteiger partial charge in [-0.15, -0.1) is 0 Å². The molecule has 0 N–H and O–H groups in total. The summed E-state index contributed by atoms with van der Waals surface area (Å²) in [4.78, 5) is 18.9. The molecule has 1 aliphatic rings. The number of likely N-dealkylation sites (N-methyl/N-ethyl adjacent to an activating group) is 1. The molecule has 1 fully saturated rings. The van der Waals surface area contributed by atoms with Gasteiger partial charge < -0.3 is 14.5 Å². The van der Waals surface area contributed by atoms with E-state index in [1.807, 2.05) is 65.4 Å². The van der Waals surface area contributed by atoms with E-state index in [4.69, 9.17) is 16.3 Å². The third-order valence-corrected chi connectivity index (χ3v) is 5.16. The number of carbonyl (C=O) groups excluding carboxylic acids is 1. The minimum Gasteiger partial charge on any atom is -0.497 e. The highest BCUT2D eigenvalue weighted by Gasteiger charge is 2.23. The number of para-hydroxylation sites is 1. The number of carbonyl (C=O) groups is 1. The van der Waals surface area contributed by atoms with Crippen molar-refractivity contribution in [2.45, 2.75) is 6.54 Å². The van der Waals surface area contributed by atoms with Crippen LogP contribution in [0.1, 0.15) is 5.56 Å². The fourth-order valence-electron chi connectivity index (χ4n) is 3.33. The number of halogens is 1. The lowest BCUT2D eigenvalue weighted by Crippen LogP contribution is -2.51. The fourth-order valence-corrected chi connectivity index (χ4v) is 3.59. The summed E-state index contributed by atoms with van der Waals surface area (Å²) in [7, 11) is 3.63. The summed E-state index contributed by atoms with van der Waals surface area (Å²) in [5, 5.41) is 0.761. The number of amides is 1. The highest BCUT2D eigenvalue weighted by Crippen LogP contribution is 2.26. The third kappa shape index (κ3) is 5.15. The molecular weight excluding hydrogens is 362 g/mol. The third-order valence-electron chi connectivity index (χ3n) is 4.84. The predicted molar refractivity (Wildman–Crippen MR) is 110 cm³/mol. The largest absolute Gasteiger partial charge is 0.497 e. The van der Waals surface area contributed by atoms with Crippen molar-refractivity contribution >= 4 is 23.2 Å². The van der Waals surface area contributed by atoms with E-state index >= 15 is 0 Å². The maximum Gasteiger partial charge on any atom is 0.236 e. The molecule has 5 nitrogen and oxygen atoms in total. The molecule has 1 amide bonds. The number of methoxy groups -OCH3 is 1. The summed E-state index contributed by atoms with van der Waals surface area (Å²) < 4.78 is 5.18. The van der Waals surface area contributed by atoms with Crippen LogP contribution in [0, 0.1) is 0 Å². The van der Waals surface area contributed by atoms with E-state index in [1.165, 1.54) is 0 Å². The van der Waals surface area contributed by atoms with Crippen molar-refractivity contribution in [3.63, 3.8) is 0 Å². The minimum atomic E-state index is 0.171. The molecule has 144 valence electrons. The van der Waals surface area contributed by atoms with Crippen molar-refractivity contribution < 1.29 is 9.53 Å². The lowest BCUT2D eigenvalue weighted by molar-refractivity contribution is -0.132. The molecule has 0 aromatic heterocycles. The van der Waals surface area contributed by atoms with Gasteiger partial charge in [-0.3, -0.25) is 9.69 Å². The molecular formula is C21H26ClN3O2. The molecule has 2 aromatic rings. The van der Waals surface area contributed by atoms with Crippen LogP contribution in [0.5, 0.6) is 5.75 Å². The Bertz CT molecular complexity index is 758. The zero-order valence-corrected chi connectivity index (χ0v) is 16.7. The Kier molecular flexibility index (Phi) is 6.58. The van der Waals surface area contributed by atoms with Gasteiger partial charge >= 0.3 is 0 Å². The number of benzene rings is 2. The Labute approximate surface area is 166 Å². The van der Waals surface area contributed by atoms with Crippen molar-refractivity contribution in [1.29, 1.82) is 0 Å². The van der Waals surface area contributed by atoms with Gasteiger partial charge in [-0.25, -0.2) is 0 Å². The number of piperazine rings is 1. The first-order valence-corrected chi connectivity index (χ1v) is 9.53. The average molecular weight is 388 g/mol. The first-order chi connectivity index (χ1) is 13.1. The molecule has 27 heavy (non-hydrogen) atoms. The molecule has 0 aliphatic carbocycles. The summed E-state index contributed by atoms with van der Waals surface area (Å²) in [5.74, 6) is 1.01. The van der Waals surface area contributed by atoms with E-state index in [-0.39, 0.29) is 5.91 Å². The summed E-state index contributed by atoms with van der Waals surface area (Å²) in [6.45, 7) is 4.20. The van der Waals surface area contributed by atoms with Gasteiger partial charge in [0, 0.05) is 32.7 Å². The Hall–Kier alpha value is -2.24. The highest BCUT2D eigenvalue weighted by atomic mass is 35.5. The lowest BCUT2D eigenvalue weighted by Gasteiger charge is -2.37. The molecule has 0 spiro atoms. The number of hydrogen-bond donors (Lipinski definition) is 0. The molecule has 0 saturated carbocycles. The second-order valence-electron chi connectivity index (χ2n) is 6.84. The van der Waals surface area contributed by atoms with E-state index in [9.17, 15) is 4.79 Å². The van der Waals surface area contributed by atoms with Gasteiger partial charge in [-0.2, -0.15) is 0 Å². The van der Waals surface area contributed by atoms with Crippen molar-refractivity contribution in [2.24, 2.45) is 0 Å². The zero-order valence-electron chi connectivity index (χ0n) is 15.9. The maximum absolute atomic E-state index is 12.6. The SMILES string of the molecule is COc1ccc(CN(C)CC(=O)N2CCN(c3ccccc3Cl)CC2)cc1. The molecule has 1 heterocycles. The Morgan fingerprint density at radius 1 is 1.07 bits per heavy atom. The summed E-state index contributed by atoms with van der Waals surface area (Å²) in [6, 6.07) is 15.8. The molecule has 6 heteroatoms. The predicted octanol–water partition coefficient (Wildman–Crippen LogP) is 3.13. The van der Waals surface area contributed by atoms with Crippen molar-refractivity contribution in [2.75, 3.05) is 51.8 Å². The van der Waals surface area contributed by atoms with Gasteiger partial charge in [-0.05, 0) is 36.9 Å². The Morgan fingerprint density at radius 2 is 1.74 bits per heavy atom. The number of hydrogen-bond acceptors (Lipinski definition) is 4. The maximum atomic E-state index is 12.6. The van der Waals surface area contributed by atoms with Crippen LogP contribution in [0.2, 0.25) is 5.02 Å². The van der Waals surface area contributed by atoms with Crippen LogP contribution in [-0.4, -0.2) is 62.6 Å². The normalized spacial score (nSPS) is 14.5.